The maximum absolute atomic E-state index is 13.1. The molecule has 2 aliphatic heterocycles. The van der Waals surface area contributed by atoms with Gasteiger partial charge in [0.1, 0.15) is 12.1 Å². The van der Waals surface area contributed by atoms with E-state index in [-0.39, 0.29) is 17.7 Å². The minimum absolute atomic E-state index is 0.138. The summed E-state index contributed by atoms with van der Waals surface area (Å²) < 4.78 is 10.0. The highest BCUT2D eigenvalue weighted by Crippen LogP contribution is 2.25. The molecule has 0 aromatic rings. The van der Waals surface area contributed by atoms with Gasteiger partial charge >= 0.3 is 5.97 Å². The number of likely N-dealkylation sites (tertiary alicyclic amines) is 1. The summed E-state index contributed by atoms with van der Waals surface area (Å²) in [5, 5.41) is 5.43. The lowest BCUT2D eigenvalue weighted by Crippen LogP contribution is -2.55. The van der Waals surface area contributed by atoms with E-state index < -0.39 is 36.2 Å². The van der Waals surface area contributed by atoms with Crippen molar-refractivity contribution in [2.45, 2.75) is 70.7 Å². The molecule has 0 bridgehead atoms. The lowest BCUT2D eigenvalue weighted by Gasteiger charge is -2.30. The van der Waals surface area contributed by atoms with Crippen molar-refractivity contribution in [1.82, 2.24) is 15.5 Å². The van der Waals surface area contributed by atoms with Gasteiger partial charge in [-0.1, -0.05) is 27.2 Å². The van der Waals surface area contributed by atoms with E-state index in [4.69, 9.17) is 9.47 Å². The Bertz CT molecular complexity index is 610. The normalized spacial score (nSPS) is 25.6. The van der Waals surface area contributed by atoms with Gasteiger partial charge in [-0.15, -0.1) is 0 Å². The molecule has 9 nitrogen and oxygen atoms in total. The SMILES string of the molecule is CCCNC(=O)[C@@H]1O[C@@H]1C(=O)N[C@H](C(=O)N1CCC[C@H]1C(=O)OC)[C@@H](C)CC. The van der Waals surface area contributed by atoms with Crippen molar-refractivity contribution >= 4 is 23.7 Å². The van der Waals surface area contributed by atoms with Crippen LogP contribution in [0.15, 0.2) is 0 Å². The monoisotopic (exact) mass is 397 g/mol. The Kier molecular flexibility index (Phi) is 7.79. The first-order valence-electron chi connectivity index (χ1n) is 9.97. The summed E-state index contributed by atoms with van der Waals surface area (Å²) in [6.45, 7) is 6.69. The molecule has 158 valence electrons. The maximum Gasteiger partial charge on any atom is 0.328 e. The Morgan fingerprint density at radius 2 is 1.86 bits per heavy atom. The van der Waals surface area contributed by atoms with Crippen LogP contribution in [0.2, 0.25) is 0 Å². The second-order valence-electron chi connectivity index (χ2n) is 7.35. The molecule has 28 heavy (non-hydrogen) atoms. The number of rotatable bonds is 9. The molecule has 0 unspecified atom stereocenters. The van der Waals surface area contributed by atoms with E-state index in [1.165, 1.54) is 12.0 Å². The molecule has 2 aliphatic rings. The standard InChI is InChI=1S/C19H31N3O6/c1-5-9-20-16(23)14-15(28-14)17(24)21-13(11(3)6-2)18(25)22-10-7-8-12(22)19(26)27-4/h11-15H,5-10H2,1-4H3,(H,20,23)(H,21,24)/t11-,12-,13-,14+,15-/m0/s1. The second-order valence-corrected chi connectivity index (χ2v) is 7.35. The predicted octanol–water partition coefficient (Wildman–Crippen LogP) is -0.0251. The zero-order valence-electron chi connectivity index (χ0n) is 17.0. The van der Waals surface area contributed by atoms with Gasteiger partial charge < -0.3 is 25.0 Å². The van der Waals surface area contributed by atoms with Gasteiger partial charge in [-0.25, -0.2) is 4.79 Å². The summed E-state index contributed by atoms with van der Waals surface area (Å²) >= 11 is 0. The fourth-order valence-corrected chi connectivity index (χ4v) is 3.37. The van der Waals surface area contributed by atoms with Crippen LogP contribution in [0.1, 0.15) is 46.5 Å². The largest absolute Gasteiger partial charge is 0.467 e. The smallest absolute Gasteiger partial charge is 0.328 e. The summed E-state index contributed by atoms with van der Waals surface area (Å²) in [6, 6.07) is -1.41. The van der Waals surface area contributed by atoms with E-state index in [1.54, 1.807) is 0 Å². The first-order chi connectivity index (χ1) is 13.3. The average molecular weight is 397 g/mol. The van der Waals surface area contributed by atoms with E-state index in [2.05, 4.69) is 10.6 Å². The summed E-state index contributed by atoms with van der Waals surface area (Å²) in [4.78, 5) is 51.0. The second kappa shape index (κ2) is 9.86. The van der Waals surface area contributed by atoms with E-state index >= 15 is 0 Å². The van der Waals surface area contributed by atoms with Crippen molar-refractivity contribution in [3.05, 3.63) is 0 Å². The first-order valence-corrected chi connectivity index (χ1v) is 9.97. The van der Waals surface area contributed by atoms with Gasteiger partial charge in [0.25, 0.3) is 11.8 Å². The Balaban J connectivity index is 2.02. The van der Waals surface area contributed by atoms with Crippen LogP contribution in [0.25, 0.3) is 0 Å². The van der Waals surface area contributed by atoms with Gasteiger partial charge in [0.15, 0.2) is 12.2 Å². The number of carbonyl (C=O) groups is 4. The third-order valence-corrected chi connectivity index (χ3v) is 5.34. The van der Waals surface area contributed by atoms with E-state index in [0.717, 1.165) is 6.42 Å². The van der Waals surface area contributed by atoms with Crippen molar-refractivity contribution < 1.29 is 28.7 Å². The molecule has 2 heterocycles. The number of nitrogens with one attached hydrogen (secondary N) is 2. The molecule has 0 spiro atoms. The van der Waals surface area contributed by atoms with Crippen LogP contribution in [-0.2, 0) is 28.7 Å². The Morgan fingerprint density at radius 1 is 1.18 bits per heavy atom. The van der Waals surface area contributed by atoms with Crippen LogP contribution < -0.4 is 10.6 Å². The van der Waals surface area contributed by atoms with Crippen LogP contribution in [0.3, 0.4) is 0 Å². The molecule has 2 rings (SSSR count). The number of nitrogens with zero attached hydrogens (tertiary/aromatic N) is 1. The maximum atomic E-state index is 13.1. The van der Waals surface area contributed by atoms with E-state index in [0.29, 0.717) is 32.4 Å². The minimum atomic E-state index is -0.883. The predicted molar refractivity (Wildman–Crippen MR) is 100 cm³/mol. The molecule has 2 fully saturated rings. The zero-order valence-corrected chi connectivity index (χ0v) is 17.0. The number of hydrogen-bond acceptors (Lipinski definition) is 6. The molecule has 0 aromatic carbocycles. The highest BCUT2D eigenvalue weighted by atomic mass is 16.6. The van der Waals surface area contributed by atoms with Gasteiger partial charge in [0.05, 0.1) is 7.11 Å². The molecule has 2 saturated heterocycles. The summed E-state index contributed by atoms with van der Waals surface area (Å²) in [5.41, 5.74) is 0. The molecule has 9 heteroatoms. The highest BCUT2D eigenvalue weighted by molar-refractivity contribution is 5.97. The van der Waals surface area contributed by atoms with Crippen molar-refractivity contribution in [2.75, 3.05) is 20.2 Å². The molecular weight excluding hydrogens is 366 g/mol. The lowest BCUT2D eigenvalue weighted by atomic mass is 9.97. The van der Waals surface area contributed by atoms with Gasteiger partial charge in [0.2, 0.25) is 5.91 Å². The Hall–Kier alpha value is -2.16. The molecule has 0 saturated carbocycles. The van der Waals surface area contributed by atoms with Crippen LogP contribution in [0, 0.1) is 5.92 Å². The van der Waals surface area contributed by atoms with Gasteiger partial charge in [-0.3, -0.25) is 14.4 Å². The fourth-order valence-electron chi connectivity index (χ4n) is 3.37. The topological polar surface area (TPSA) is 117 Å². The lowest BCUT2D eigenvalue weighted by molar-refractivity contribution is -0.152. The Labute approximate surface area is 165 Å². The number of carbonyl (C=O) groups excluding carboxylic acids is 4. The molecular formula is C19H31N3O6. The van der Waals surface area contributed by atoms with Gasteiger partial charge in [-0.2, -0.15) is 0 Å². The van der Waals surface area contributed by atoms with Crippen LogP contribution in [0.5, 0.6) is 0 Å². The molecule has 0 aliphatic carbocycles. The zero-order chi connectivity index (χ0) is 20.8. The Morgan fingerprint density at radius 3 is 2.46 bits per heavy atom. The third-order valence-electron chi connectivity index (χ3n) is 5.34. The van der Waals surface area contributed by atoms with Crippen molar-refractivity contribution in [3.63, 3.8) is 0 Å². The van der Waals surface area contributed by atoms with Gasteiger partial charge in [0, 0.05) is 13.1 Å². The molecule has 0 radical (unpaired) electrons. The van der Waals surface area contributed by atoms with Crippen LogP contribution in [-0.4, -0.2) is 73.1 Å². The molecule has 3 amide bonds. The first kappa shape index (κ1) is 22.1. The minimum Gasteiger partial charge on any atom is -0.467 e. The average Bonchev–Trinajstić information content (AvgIpc) is 3.36. The van der Waals surface area contributed by atoms with E-state index in [1.807, 2.05) is 20.8 Å². The molecule has 5 atom stereocenters. The third kappa shape index (κ3) is 5.01. The number of hydrogen-bond donors (Lipinski definition) is 2. The number of esters is 1. The van der Waals surface area contributed by atoms with E-state index in [9.17, 15) is 19.2 Å². The molecule has 0 aromatic heterocycles. The van der Waals surface area contributed by atoms with Crippen LogP contribution in [0.4, 0.5) is 0 Å². The van der Waals surface area contributed by atoms with Crippen LogP contribution >= 0.6 is 0 Å². The van der Waals surface area contributed by atoms with Gasteiger partial charge in [-0.05, 0) is 25.2 Å². The number of epoxide rings is 1. The summed E-state index contributed by atoms with van der Waals surface area (Å²) in [6.07, 6.45) is 1.01. The number of methoxy groups -OCH3 is 1. The number of amides is 3. The summed E-state index contributed by atoms with van der Waals surface area (Å²) in [7, 11) is 1.30. The number of ether oxygens (including phenoxy) is 2. The van der Waals surface area contributed by atoms with Crippen molar-refractivity contribution in [1.29, 1.82) is 0 Å². The fraction of sp³-hybridized carbons (Fsp3) is 0.789. The highest BCUT2D eigenvalue weighted by Gasteiger charge is 2.51. The summed E-state index contributed by atoms with van der Waals surface area (Å²) in [5.74, 6) is -1.69. The quantitative estimate of drug-likeness (QED) is 0.417. The molecule has 2 N–H and O–H groups in total. The van der Waals surface area contributed by atoms with Crippen molar-refractivity contribution in [3.8, 4) is 0 Å². The van der Waals surface area contributed by atoms with Crippen molar-refractivity contribution in [2.24, 2.45) is 5.92 Å².